The normalized spacial score (nSPS) is 18.4. The van der Waals surface area contributed by atoms with Crippen LogP contribution in [-0.2, 0) is 21.0 Å². The molecule has 0 spiro atoms. The van der Waals surface area contributed by atoms with E-state index in [1.54, 1.807) is 16.9 Å². The van der Waals surface area contributed by atoms with E-state index in [2.05, 4.69) is 41.3 Å². The number of carbonyl (C=O) groups is 1. The van der Waals surface area contributed by atoms with Crippen LogP contribution in [0.5, 0.6) is 0 Å². The molecule has 3 N–H and O–H groups in total. The van der Waals surface area contributed by atoms with Gasteiger partial charge in [-0.3, -0.25) is 13.7 Å². The number of hydrogen-bond donors (Lipinski definition) is 2. The standard InChI is InChI=1S/C20H22BrN7O4S/c21-18-3-1-2-15(25-18)10-28-7-6-17(27-28)19(29)16-9-23-12-24-20(16)26-14-5-4-13(8-14)11-32-33(22,30)31/h1-3,6-7,9,12-14H,4-5,8,10-11H2,(H2,22,30,31)(H,23,24,26)/t13-,14+/m1/s1. The molecule has 0 unspecified atom stereocenters. The van der Waals surface area contributed by atoms with Gasteiger partial charge >= 0.3 is 10.3 Å². The van der Waals surface area contributed by atoms with Crippen molar-refractivity contribution in [2.75, 3.05) is 11.9 Å². The largest absolute Gasteiger partial charge is 0.367 e. The molecule has 1 aliphatic rings. The molecule has 0 radical (unpaired) electrons. The summed E-state index contributed by atoms with van der Waals surface area (Å²) < 4.78 is 29.1. The van der Waals surface area contributed by atoms with E-state index in [-0.39, 0.29) is 30.0 Å². The average molecular weight is 536 g/mol. The van der Waals surface area contributed by atoms with Crippen LogP contribution in [0, 0.1) is 5.92 Å². The molecule has 1 saturated carbocycles. The van der Waals surface area contributed by atoms with Crippen molar-refractivity contribution in [3.05, 3.63) is 64.5 Å². The number of halogens is 1. The number of hydrogen-bond acceptors (Lipinski definition) is 9. The lowest BCUT2D eigenvalue weighted by Gasteiger charge is -2.15. The van der Waals surface area contributed by atoms with Gasteiger partial charge in [-0.2, -0.15) is 13.5 Å². The minimum absolute atomic E-state index is 0.0145. The summed E-state index contributed by atoms with van der Waals surface area (Å²) in [5.41, 5.74) is 1.39. The molecular formula is C20H22BrN7O4S. The lowest BCUT2D eigenvalue weighted by Crippen LogP contribution is -2.22. The predicted octanol–water partition coefficient (Wildman–Crippen LogP) is 1.91. The Morgan fingerprint density at radius 1 is 1.30 bits per heavy atom. The van der Waals surface area contributed by atoms with E-state index in [9.17, 15) is 13.2 Å². The number of aromatic nitrogens is 5. The molecule has 13 heteroatoms. The Hall–Kier alpha value is -2.74. The second-order valence-corrected chi connectivity index (χ2v) is 9.80. The molecule has 0 aliphatic heterocycles. The van der Waals surface area contributed by atoms with Crippen molar-refractivity contribution in [2.45, 2.75) is 31.8 Å². The summed E-state index contributed by atoms with van der Waals surface area (Å²) in [6.07, 6.45) is 6.78. The number of anilines is 1. The molecule has 4 rings (SSSR count). The summed E-state index contributed by atoms with van der Waals surface area (Å²) in [5, 5.41) is 12.6. The van der Waals surface area contributed by atoms with Crippen molar-refractivity contribution < 1.29 is 17.4 Å². The second-order valence-electron chi connectivity index (χ2n) is 7.76. The molecule has 0 bridgehead atoms. The summed E-state index contributed by atoms with van der Waals surface area (Å²) in [6.45, 7) is 0.462. The van der Waals surface area contributed by atoms with Gasteiger partial charge in [0.05, 0.1) is 24.4 Å². The molecule has 3 aromatic heterocycles. The summed E-state index contributed by atoms with van der Waals surface area (Å²) >= 11 is 3.34. The SMILES string of the molecule is NS(=O)(=O)OC[C@@H]1CC[C@H](Nc2ncncc2C(=O)c2ccn(Cc3cccc(Br)n3)n2)C1. The highest BCUT2D eigenvalue weighted by atomic mass is 79.9. The summed E-state index contributed by atoms with van der Waals surface area (Å²) in [6, 6.07) is 7.26. The molecule has 174 valence electrons. The first-order valence-corrected chi connectivity index (χ1v) is 12.5. The number of nitrogens with two attached hydrogens (primary N) is 1. The summed E-state index contributed by atoms with van der Waals surface area (Å²) in [5.74, 6) is 0.159. The maximum atomic E-state index is 13.1. The van der Waals surface area contributed by atoms with Crippen molar-refractivity contribution in [2.24, 2.45) is 11.1 Å². The van der Waals surface area contributed by atoms with E-state index in [1.165, 1.54) is 12.5 Å². The number of nitrogens with zero attached hydrogens (tertiary/aromatic N) is 5. The first-order chi connectivity index (χ1) is 15.8. The van der Waals surface area contributed by atoms with Gasteiger partial charge in [-0.1, -0.05) is 6.07 Å². The maximum Gasteiger partial charge on any atom is 0.333 e. The zero-order valence-electron chi connectivity index (χ0n) is 17.5. The Balaban J connectivity index is 1.42. The molecule has 0 aromatic carbocycles. The smallest absolute Gasteiger partial charge is 0.333 e. The van der Waals surface area contributed by atoms with E-state index in [4.69, 9.17) is 9.32 Å². The van der Waals surface area contributed by atoms with Gasteiger partial charge in [0.15, 0.2) is 0 Å². The topological polar surface area (TPSA) is 155 Å². The monoisotopic (exact) mass is 535 g/mol. The third-order valence-corrected chi connectivity index (χ3v) is 6.18. The molecule has 3 heterocycles. The highest BCUT2D eigenvalue weighted by Crippen LogP contribution is 2.29. The number of nitrogens with one attached hydrogen (secondary N) is 1. The number of ketones is 1. The van der Waals surface area contributed by atoms with Crippen LogP contribution in [0.2, 0.25) is 0 Å². The Morgan fingerprint density at radius 2 is 2.15 bits per heavy atom. The lowest BCUT2D eigenvalue weighted by molar-refractivity contribution is 0.103. The molecule has 1 fully saturated rings. The van der Waals surface area contributed by atoms with E-state index in [1.807, 2.05) is 18.2 Å². The molecule has 0 saturated heterocycles. The van der Waals surface area contributed by atoms with Gasteiger partial charge in [0.1, 0.15) is 22.4 Å². The Kier molecular flexibility index (Phi) is 7.12. The number of pyridine rings is 1. The second kappa shape index (κ2) is 10.0. The van der Waals surface area contributed by atoms with Gasteiger partial charge in [-0.25, -0.2) is 20.1 Å². The zero-order chi connectivity index (χ0) is 23.4. The van der Waals surface area contributed by atoms with Gasteiger partial charge in [-0.05, 0) is 59.3 Å². The predicted molar refractivity (Wildman–Crippen MR) is 123 cm³/mol. The fraction of sp³-hybridized carbons (Fsp3) is 0.350. The third-order valence-electron chi connectivity index (χ3n) is 5.28. The van der Waals surface area contributed by atoms with Crippen LogP contribution in [0.4, 0.5) is 5.82 Å². The van der Waals surface area contributed by atoms with Gasteiger partial charge in [0.2, 0.25) is 5.78 Å². The highest BCUT2D eigenvalue weighted by molar-refractivity contribution is 9.10. The molecule has 3 aromatic rings. The van der Waals surface area contributed by atoms with Gasteiger partial charge in [0.25, 0.3) is 0 Å². The summed E-state index contributed by atoms with van der Waals surface area (Å²) in [7, 11) is -3.96. The highest BCUT2D eigenvalue weighted by Gasteiger charge is 2.28. The van der Waals surface area contributed by atoms with Crippen LogP contribution >= 0.6 is 15.9 Å². The first-order valence-electron chi connectivity index (χ1n) is 10.2. The van der Waals surface area contributed by atoms with Crippen LogP contribution in [0.1, 0.15) is 41.0 Å². The minimum Gasteiger partial charge on any atom is -0.367 e. The first kappa shape index (κ1) is 23.4. The lowest BCUT2D eigenvalue weighted by atomic mass is 10.1. The van der Waals surface area contributed by atoms with Crippen LogP contribution in [0.25, 0.3) is 0 Å². The Bertz CT molecular complexity index is 1250. The maximum absolute atomic E-state index is 13.1. The van der Waals surface area contributed by atoms with Crippen molar-refractivity contribution in [1.29, 1.82) is 0 Å². The minimum atomic E-state index is -3.96. The molecule has 11 nitrogen and oxygen atoms in total. The van der Waals surface area contributed by atoms with Crippen LogP contribution < -0.4 is 10.5 Å². The quantitative estimate of drug-likeness (QED) is 0.308. The Morgan fingerprint density at radius 3 is 2.94 bits per heavy atom. The van der Waals surface area contributed by atoms with E-state index >= 15 is 0 Å². The number of rotatable bonds is 9. The van der Waals surface area contributed by atoms with E-state index in [0.29, 0.717) is 24.3 Å². The molecule has 33 heavy (non-hydrogen) atoms. The van der Waals surface area contributed by atoms with Crippen LogP contribution in [0.3, 0.4) is 0 Å². The van der Waals surface area contributed by atoms with E-state index in [0.717, 1.165) is 23.1 Å². The van der Waals surface area contributed by atoms with Gasteiger partial charge in [0, 0.05) is 18.4 Å². The molecule has 1 aliphatic carbocycles. The molecular weight excluding hydrogens is 514 g/mol. The average Bonchev–Trinajstić information content (AvgIpc) is 3.41. The fourth-order valence-corrected chi connectivity index (χ4v) is 4.53. The van der Waals surface area contributed by atoms with Crippen LogP contribution in [0.15, 0.2) is 47.6 Å². The number of carbonyl (C=O) groups excluding carboxylic acids is 1. The molecule has 2 atom stereocenters. The van der Waals surface area contributed by atoms with Gasteiger partial charge in [-0.15, -0.1) is 0 Å². The van der Waals surface area contributed by atoms with Crippen molar-refractivity contribution >= 4 is 37.8 Å². The molecule has 0 amide bonds. The Labute approximate surface area is 199 Å². The summed E-state index contributed by atoms with van der Waals surface area (Å²) in [4.78, 5) is 25.7. The third kappa shape index (κ3) is 6.41. The van der Waals surface area contributed by atoms with Crippen LogP contribution in [-0.4, -0.2) is 51.6 Å². The van der Waals surface area contributed by atoms with Gasteiger partial charge < -0.3 is 5.32 Å². The van der Waals surface area contributed by atoms with Crippen molar-refractivity contribution in [3.8, 4) is 0 Å². The van der Waals surface area contributed by atoms with Crippen molar-refractivity contribution in [3.63, 3.8) is 0 Å². The van der Waals surface area contributed by atoms with Crippen molar-refractivity contribution in [1.82, 2.24) is 24.7 Å². The zero-order valence-corrected chi connectivity index (χ0v) is 19.9. The fourth-order valence-electron chi connectivity index (χ4n) is 3.77. The van der Waals surface area contributed by atoms with E-state index < -0.39 is 10.3 Å².